The minimum Gasteiger partial charge on any atom is -0.480 e. The van der Waals surface area contributed by atoms with Crippen molar-refractivity contribution in [3.05, 3.63) is 66.2 Å². The van der Waals surface area contributed by atoms with Crippen LogP contribution in [-0.2, 0) is 30.6 Å². The van der Waals surface area contributed by atoms with E-state index in [1.54, 1.807) is 42.5 Å². The monoisotopic (exact) mass is 432 g/mol. The summed E-state index contributed by atoms with van der Waals surface area (Å²) < 4.78 is 24.8. The molecule has 0 unspecified atom stereocenters. The molecule has 2 atom stereocenters. The molecular weight excluding hydrogens is 408 g/mol. The molecule has 160 valence electrons. The summed E-state index contributed by atoms with van der Waals surface area (Å²) in [5, 5.41) is 14.3. The van der Waals surface area contributed by atoms with Gasteiger partial charge in [0.2, 0.25) is 11.8 Å². The van der Waals surface area contributed by atoms with Crippen LogP contribution in [0.25, 0.3) is 0 Å². The summed E-state index contributed by atoms with van der Waals surface area (Å²) in [6.07, 6.45) is -0.142. The number of rotatable bonds is 10. The van der Waals surface area contributed by atoms with Crippen molar-refractivity contribution in [2.75, 3.05) is 5.75 Å². The van der Waals surface area contributed by atoms with E-state index in [-0.39, 0.29) is 17.7 Å². The summed E-state index contributed by atoms with van der Waals surface area (Å²) in [6.45, 7) is 1.26. The van der Waals surface area contributed by atoms with E-state index in [0.29, 0.717) is 0 Å². The fourth-order valence-corrected chi connectivity index (χ4v) is 4.21. The van der Waals surface area contributed by atoms with E-state index >= 15 is 0 Å². The molecule has 2 amide bonds. The van der Waals surface area contributed by atoms with Crippen molar-refractivity contribution in [1.82, 2.24) is 10.6 Å². The Hall–Kier alpha value is -3.20. The molecule has 2 aromatic carbocycles. The van der Waals surface area contributed by atoms with E-state index in [4.69, 9.17) is 0 Å². The van der Waals surface area contributed by atoms with Crippen LogP contribution in [0.5, 0.6) is 0 Å². The van der Waals surface area contributed by atoms with Gasteiger partial charge in [0, 0.05) is 13.3 Å². The SMILES string of the molecule is CC(=O)N[C@@H](Cc1ccccc1)C(=O)N[C@@H](CCS(=O)(=O)c1ccccc1)C(=O)O. The third-order valence-electron chi connectivity index (χ3n) is 4.37. The maximum absolute atomic E-state index is 12.7. The van der Waals surface area contributed by atoms with Crippen molar-refractivity contribution in [2.45, 2.75) is 36.7 Å². The van der Waals surface area contributed by atoms with Crippen molar-refractivity contribution in [3.63, 3.8) is 0 Å². The molecule has 8 nitrogen and oxygen atoms in total. The molecule has 0 radical (unpaired) electrons. The second-order valence-electron chi connectivity index (χ2n) is 6.76. The number of benzene rings is 2. The van der Waals surface area contributed by atoms with Crippen LogP contribution in [0.3, 0.4) is 0 Å². The molecule has 0 aliphatic rings. The number of carbonyl (C=O) groups excluding carboxylic acids is 2. The van der Waals surface area contributed by atoms with Gasteiger partial charge in [-0.3, -0.25) is 9.59 Å². The highest BCUT2D eigenvalue weighted by Crippen LogP contribution is 2.12. The Morgan fingerprint density at radius 3 is 2.00 bits per heavy atom. The number of carboxylic acids is 1. The standard InChI is InChI=1S/C21H24N2O6S/c1-15(24)22-19(14-16-8-4-2-5-9-16)20(25)23-18(21(26)27)12-13-30(28,29)17-10-6-3-7-11-17/h2-11,18-19H,12-14H2,1H3,(H,22,24)(H,23,25)(H,26,27)/t18-,19-/m0/s1. The van der Waals surface area contributed by atoms with Gasteiger partial charge in [0.05, 0.1) is 10.6 Å². The van der Waals surface area contributed by atoms with Crippen LogP contribution < -0.4 is 10.6 Å². The quantitative estimate of drug-likeness (QED) is 0.517. The molecule has 0 aromatic heterocycles. The predicted molar refractivity (Wildman–Crippen MR) is 110 cm³/mol. The van der Waals surface area contributed by atoms with Crippen LogP contribution in [0, 0.1) is 0 Å². The highest BCUT2D eigenvalue weighted by molar-refractivity contribution is 7.91. The van der Waals surface area contributed by atoms with Gasteiger partial charge < -0.3 is 15.7 Å². The molecule has 0 aliphatic heterocycles. The first-order chi connectivity index (χ1) is 14.2. The van der Waals surface area contributed by atoms with E-state index in [0.717, 1.165) is 5.56 Å². The molecular formula is C21H24N2O6S. The lowest BCUT2D eigenvalue weighted by atomic mass is 10.0. The van der Waals surface area contributed by atoms with Crippen LogP contribution in [-0.4, -0.2) is 49.1 Å². The van der Waals surface area contributed by atoms with Crippen LogP contribution in [0.15, 0.2) is 65.6 Å². The smallest absolute Gasteiger partial charge is 0.326 e. The average Bonchev–Trinajstić information content (AvgIpc) is 2.71. The second kappa shape index (κ2) is 10.5. The lowest BCUT2D eigenvalue weighted by Crippen LogP contribution is -2.52. The molecule has 0 aliphatic carbocycles. The van der Waals surface area contributed by atoms with Crippen molar-refractivity contribution in [1.29, 1.82) is 0 Å². The van der Waals surface area contributed by atoms with Crippen LogP contribution in [0.1, 0.15) is 18.9 Å². The van der Waals surface area contributed by atoms with E-state index in [2.05, 4.69) is 10.6 Å². The number of amides is 2. The lowest BCUT2D eigenvalue weighted by molar-refractivity contribution is -0.142. The number of hydrogen-bond acceptors (Lipinski definition) is 5. The molecule has 2 aromatic rings. The van der Waals surface area contributed by atoms with Gasteiger partial charge in [-0.05, 0) is 24.1 Å². The van der Waals surface area contributed by atoms with Crippen LogP contribution in [0.4, 0.5) is 0 Å². The largest absolute Gasteiger partial charge is 0.480 e. The average molecular weight is 432 g/mol. The van der Waals surface area contributed by atoms with Crippen LogP contribution >= 0.6 is 0 Å². The summed E-state index contributed by atoms with van der Waals surface area (Å²) in [4.78, 5) is 35.8. The summed E-state index contributed by atoms with van der Waals surface area (Å²) >= 11 is 0. The van der Waals surface area contributed by atoms with Gasteiger partial charge in [0.25, 0.3) is 0 Å². The number of nitrogens with one attached hydrogen (secondary N) is 2. The van der Waals surface area contributed by atoms with Crippen molar-refractivity contribution >= 4 is 27.6 Å². The van der Waals surface area contributed by atoms with Gasteiger partial charge >= 0.3 is 5.97 Å². The first kappa shape index (κ1) is 23.1. The molecule has 0 fully saturated rings. The molecule has 3 N–H and O–H groups in total. The number of carbonyl (C=O) groups is 3. The Balaban J connectivity index is 2.08. The topological polar surface area (TPSA) is 130 Å². The van der Waals surface area contributed by atoms with Crippen LogP contribution in [0.2, 0.25) is 0 Å². The summed E-state index contributed by atoms with van der Waals surface area (Å²) in [7, 11) is -3.70. The second-order valence-corrected chi connectivity index (χ2v) is 8.87. The maximum atomic E-state index is 12.7. The molecule has 30 heavy (non-hydrogen) atoms. The lowest BCUT2D eigenvalue weighted by Gasteiger charge is -2.21. The Labute approximate surface area is 175 Å². The zero-order valence-corrected chi connectivity index (χ0v) is 17.3. The number of aliphatic carboxylic acids is 1. The van der Waals surface area contributed by atoms with E-state index < -0.39 is 45.5 Å². The third kappa shape index (κ3) is 7.00. The van der Waals surface area contributed by atoms with Gasteiger partial charge in [-0.25, -0.2) is 13.2 Å². The van der Waals surface area contributed by atoms with Crippen molar-refractivity contribution < 1.29 is 27.9 Å². The predicted octanol–water partition coefficient (Wildman–Crippen LogP) is 1.17. The van der Waals surface area contributed by atoms with E-state index in [9.17, 15) is 27.9 Å². The molecule has 0 heterocycles. The van der Waals surface area contributed by atoms with E-state index in [1.807, 2.05) is 6.07 Å². The number of hydrogen-bond donors (Lipinski definition) is 3. The van der Waals surface area contributed by atoms with Crippen molar-refractivity contribution in [3.8, 4) is 0 Å². The highest BCUT2D eigenvalue weighted by Gasteiger charge is 2.28. The molecule has 0 saturated heterocycles. The minimum atomic E-state index is -3.70. The molecule has 0 spiro atoms. The fourth-order valence-electron chi connectivity index (χ4n) is 2.85. The zero-order valence-electron chi connectivity index (χ0n) is 16.4. The normalized spacial score (nSPS) is 13.1. The Bertz CT molecular complexity index is 977. The zero-order chi connectivity index (χ0) is 22.1. The summed E-state index contributed by atoms with van der Waals surface area (Å²) in [5.74, 6) is -2.94. The van der Waals surface area contributed by atoms with Gasteiger partial charge in [-0.1, -0.05) is 48.5 Å². The molecule has 9 heteroatoms. The maximum Gasteiger partial charge on any atom is 0.326 e. The van der Waals surface area contributed by atoms with Gasteiger partial charge in [-0.15, -0.1) is 0 Å². The van der Waals surface area contributed by atoms with Crippen molar-refractivity contribution in [2.24, 2.45) is 0 Å². The Kier molecular flexibility index (Phi) is 8.11. The Morgan fingerprint density at radius 1 is 0.900 bits per heavy atom. The number of sulfone groups is 1. The number of carboxylic acid groups (broad SMARTS) is 1. The minimum absolute atomic E-state index is 0.0839. The third-order valence-corrected chi connectivity index (χ3v) is 6.13. The molecule has 0 bridgehead atoms. The van der Waals surface area contributed by atoms with Gasteiger partial charge in [-0.2, -0.15) is 0 Å². The molecule has 2 rings (SSSR count). The first-order valence-electron chi connectivity index (χ1n) is 9.31. The first-order valence-corrected chi connectivity index (χ1v) is 11.0. The highest BCUT2D eigenvalue weighted by atomic mass is 32.2. The summed E-state index contributed by atoms with van der Waals surface area (Å²) in [5.41, 5.74) is 0.782. The Morgan fingerprint density at radius 2 is 1.47 bits per heavy atom. The van der Waals surface area contributed by atoms with Gasteiger partial charge in [0.15, 0.2) is 9.84 Å². The van der Waals surface area contributed by atoms with Gasteiger partial charge in [0.1, 0.15) is 12.1 Å². The fraction of sp³-hybridized carbons (Fsp3) is 0.286. The van der Waals surface area contributed by atoms with E-state index in [1.165, 1.54) is 19.1 Å². The summed E-state index contributed by atoms with van der Waals surface area (Å²) in [6, 6.07) is 14.2. The molecule has 0 saturated carbocycles.